The average Bonchev–Trinajstić information content (AvgIpc) is 3.28. The molecule has 2 aliphatic heterocycles. The molecular formula is C20H21N5O2. The van der Waals surface area contributed by atoms with Gasteiger partial charge in [-0.2, -0.15) is 5.26 Å². The zero-order chi connectivity index (χ0) is 18.6. The molecule has 27 heavy (non-hydrogen) atoms. The predicted octanol–water partition coefficient (Wildman–Crippen LogP) is 2.16. The summed E-state index contributed by atoms with van der Waals surface area (Å²) < 4.78 is 5.89. The molecule has 2 saturated heterocycles. The van der Waals surface area contributed by atoms with E-state index in [2.05, 4.69) is 20.9 Å². The van der Waals surface area contributed by atoms with Crippen molar-refractivity contribution >= 4 is 11.9 Å². The van der Waals surface area contributed by atoms with Crippen LogP contribution in [0.3, 0.4) is 0 Å². The zero-order valence-corrected chi connectivity index (χ0v) is 15.0. The van der Waals surface area contributed by atoms with Crippen LogP contribution in [-0.2, 0) is 4.74 Å². The van der Waals surface area contributed by atoms with Gasteiger partial charge in [-0.25, -0.2) is 9.97 Å². The number of hydrogen-bond donors (Lipinski definition) is 0. The number of nitriles is 1. The second-order valence-corrected chi connectivity index (χ2v) is 6.78. The molecule has 7 heteroatoms. The van der Waals surface area contributed by atoms with Crippen molar-refractivity contribution in [2.24, 2.45) is 0 Å². The molecule has 1 amide bonds. The Morgan fingerprint density at radius 3 is 2.89 bits per heavy atom. The lowest BCUT2D eigenvalue weighted by molar-refractivity contribution is -0.0247. The van der Waals surface area contributed by atoms with Gasteiger partial charge in [-0.05, 0) is 37.1 Å². The molecule has 0 unspecified atom stereocenters. The molecule has 1 atom stereocenters. The lowest BCUT2D eigenvalue weighted by Gasteiger charge is -2.33. The quantitative estimate of drug-likeness (QED) is 0.831. The molecule has 1 aromatic heterocycles. The van der Waals surface area contributed by atoms with Crippen molar-refractivity contribution in [2.75, 3.05) is 37.7 Å². The molecule has 3 heterocycles. The fourth-order valence-electron chi connectivity index (χ4n) is 3.53. The minimum atomic E-state index is -0.272. The Kier molecular flexibility index (Phi) is 4.99. The van der Waals surface area contributed by atoms with Gasteiger partial charge in [0.15, 0.2) is 0 Å². The lowest BCUT2D eigenvalue weighted by atomic mass is 10.1. The summed E-state index contributed by atoms with van der Waals surface area (Å²) in [7, 11) is 0. The predicted molar refractivity (Wildman–Crippen MR) is 99.2 cm³/mol. The molecule has 0 bridgehead atoms. The number of rotatable bonds is 3. The first-order valence-electron chi connectivity index (χ1n) is 9.23. The maximum absolute atomic E-state index is 12.8. The number of nitrogens with zero attached hydrogens (tertiary/aromatic N) is 5. The number of morpholine rings is 1. The van der Waals surface area contributed by atoms with Gasteiger partial charge in [-0.3, -0.25) is 4.79 Å². The van der Waals surface area contributed by atoms with Gasteiger partial charge in [0.2, 0.25) is 5.95 Å². The largest absolute Gasteiger partial charge is 0.368 e. The minimum Gasteiger partial charge on any atom is -0.368 e. The normalized spacial score (nSPS) is 19.7. The first-order valence-corrected chi connectivity index (χ1v) is 9.23. The summed E-state index contributed by atoms with van der Waals surface area (Å²) in [6.45, 7) is 3.38. The zero-order valence-electron chi connectivity index (χ0n) is 15.0. The molecule has 0 saturated carbocycles. The SMILES string of the molecule is N#Cc1cccc(C(=O)N2CCO[C@@H](c3ccnc(N4CCCC4)n3)C2)c1. The van der Waals surface area contributed by atoms with Gasteiger partial charge in [0, 0.05) is 31.4 Å². The number of benzene rings is 1. The van der Waals surface area contributed by atoms with Gasteiger partial charge >= 0.3 is 0 Å². The third kappa shape index (κ3) is 3.76. The molecule has 4 rings (SSSR count). The van der Waals surface area contributed by atoms with Crippen molar-refractivity contribution in [3.63, 3.8) is 0 Å². The van der Waals surface area contributed by atoms with Crippen molar-refractivity contribution in [1.29, 1.82) is 5.26 Å². The van der Waals surface area contributed by atoms with Gasteiger partial charge in [-0.15, -0.1) is 0 Å². The topological polar surface area (TPSA) is 82.3 Å². The molecule has 2 aromatic rings. The van der Waals surface area contributed by atoms with Crippen LogP contribution >= 0.6 is 0 Å². The lowest BCUT2D eigenvalue weighted by Crippen LogP contribution is -2.42. The maximum Gasteiger partial charge on any atom is 0.254 e. The molecule has 2 fully saturated rings. The van der Waals surface area contributed by atoms with Crippen molar-refractivity contribution in [2.45, 2.75) is 18.9 Å². The number of carbonyl (C=O) groups excluding carboxylic acids is 1. The molecule has 7 nitrogen and oxygen atoms in total. The fraction of sp³-hybridized carbons (Fsp3) is 0.400. The molecule has 0 radical (unpaired) electrons. The maximum atomic E-state index is 12.8. The third-order valence-corrected chi connectivity index (χ3v) is 4.98. The molecule has 138 valence electrons. The average molecular weight is 363 g/mol. The van der Waals surface area contributed by atoms with Crippen LogP contribution in [0.5, 0.6) is 0 Å². The van der Waals surface area contributed by atoms with Crippen LogP contribution in [0, 0.1) is 11.3 Å². The third-order valence-electron chi connectivity index (χ3n) is 4.98. The van der Waals surface area contributed by atoms with E-state index in [1.165, 1.54) is 0 Å². The number of carbonyl (C=O) groups is 1. The molecule has 0 aliphatic carbocycles. The Balaban J connectivity index is 1.50. The molecule has 2 aliphatic rings. The van der Waals surface area contributed by atoms with E-state index in [0.717, 1.165) is 37.6 Å². The highest BCUT2D eigenvalue weighted by Gasteiger charge is 2.28. The Bertz CT molecular complexity index is 873. The van der Waals surface area contributed by atoms with E-state index in [1.807, 2.05) is 6.07 Å². The van der Waals surface area contributed by atoms with E-state index in [-0.39, 0.29) is 12.0 Å². The van der Waals surface area contributed by atoms with Crippen molar-refractivity contribution in [1.82, 2.24) is 14.9 Å². The van der Waals surface area contributed by atoms with Crippen molar-refractivity contribution in [3.05, 3.63) is 53.3 Å². The second-order valence-electron chi connectivity index (χ2n) is 6.78. The van der Waals surface area contributed by atoms with Crippen LogP contribution < -0.4 is 4.90 Å². The van der Waals surface area contributed by atoms with Crippen LogP contribution in [0.15, 0.2) is 36.5 Å². The number of amides is 1. The van der Waals surface area contributed by atoms with Crippen LogP contribution in [-0.4, -0.2) is 53.6 Å². The van der Waals surface area contributed by atoms with E-state index in [4.69, 9.17) is 10.00 Å². The Hall–Kier alpha value is -2.98. The highest BCUT2D eigenvalue weighted by Crippen LogP contribution is 2.24. The Morgan fingerprint density at radius 2 is 2.07 bits per heavy atom. The molecule has 1 aromatic carbocycles. The Morgan fingerprint density at radius 1 is 1.22 bits per heavy atom. The minimum absolute atomic E-state index is 0.0887. The van der Waals surface area contributed by atoms with Crippen molar-refractivity contribution in [3.8, 4) is 6.07 Å². The first-order chi connectivity index (χ1) is 13.2. The van der Waals surface area contributed by atoms with Crippen LogP contribution in [0.4, 0.5) is 5.95 Å². The van der Waals surface area contributed by atoms with E-state index in [1.54, 1.807) is 35.4 Å². The van der Waals surface area contributed by atoms with E-state index in [0.29, 0.717) is 30.8 Å². The fourth-order valence-corrected chi connectivity index (χ4v) is 3.53. The van der Waals surface area contributed by atoms with Crippen molar-refractivity contribution < 1.29 is 9.53 Å². The highest BCUT2D eigenvalue weighted by atomic mass is 16.5. The molecule has 0 spiro atoms. The number of hydrogen-bond acceptors (Lipinski definition) is 6. The smallest absolute Gasteiger partial charge is 0.254 e. The summed E-state index contributed by atoms with van der Waals surface area (Å²) in [6, 6.07) is 10.7. The Labute approximate surface area is 158 Å². The number of anilines is 1. The molecule has 0 N–H and O–H groups in total. The summed E-state index contributed by atoms with van der Waals surface area (Å²) in [6.07, 6.45) is 3.82. The summed E-state index contributed by atoms with van der Waals surface area (Å²) in [5.41, 5.74) is 1.81. The van der Waals surface area contributed by atoms with Crippen LogP contribution in [0.2, 0.25) is 0 Å². The van der Waals surface area contributed by atoms with Gasteiger partial charge in [0.25, 0.3) is 5.91 Å². The van der Waals surface area contributed by atoms with Gasteiger partial charge < -0.3 is 14.5 Å². The van der Waals surface area contributed by atoms with E-state index in [9.17, 15) is 4.79 Å². The monoisotopic (exact) mass is 363 g/mol. The van der Waals surface area contributed by atoms with Crippen LogP contribution in [0.25, 0.3) is 0 Å². The van der Waals surface area contributed by atoms with E-state index >= 15 is 0 Å². The number of aromatic nitrogens is 2. The summed E-state index contributed by atoms with van der Waals surface area (Å²) in [5.74, 6) is 0.646. The summed E-state index contributed by atoms with van der Waals surface area (Å²) >= 11 is 0. The first kappa shape index (κ1) is 17.4. The number of ether oxygens (including phenoxy) is 1. The van der Waals surface area contributed by atoms with Gasteiger partial charge in [0.05, 0.1) is 30.5 Å². The van der Waals surface area contributed by atoms with E-state index < -0.39 is 0 Å². The van der Waals surface area contributed by atoms with Gasteiger partial charge in [0.1, 0.15) is 6.10 Å². The summed E-state index contributed by atoms with van der Waals surface area (Å²) in [5, 5.41) is 9.05. The highest BCUT2D eigenvalue weighted by molar-refractivity contribution is 5.94. The molecular weight excluding hydrogens is 342 g/mol. The van der Waals surface area contributed by atoms with Gasteiger partial charge in [-0.1, -0.05) is 6.07 Å². The van der Waals surface area contributed by atoms with Crippen LogP contribution in [0.1, 0.15) is 40.6 Å². The summed E-state index contributed by atoms with van der Waals surface area (Å²) in [4.78, 5) is 25.9. The second kappa shape index (κ2) is 7.72. The standard InChI is InChI=1S/C20H21N5O2/c21-13-15-4-3-5-16(12-15)19(26)25-10-11-27-18(14-25)17-6-7-22-20(23-17)24-8-1-2-9-24/h3-7,12,18H,1-2,8-11,14H2/t18-/m1/s1.